The zero-order valence-electron chi connectivity index (χ0n) is 6.99. The third kappa shape index (κ3) is 0.913. The lowest BCUT2D eigenvalue weighted by molar-refractivity contribution is -0.159. The van der Waals surface area contributed by atoms with Gasteiger partial charge in [0.2, 0.25) is 0 Å². The summed E-state index contributed by atoms with van der Waals surface area (Å²) in [5.74, 6) is -2.80. The van der Waals surface area contributed by atoms with Crippen molar-refractivity contribution in [3.05, 3.63) is 11.6 Å². The molecule has 1 saturated carbocycles. The molecule has 2 rings (SSSR count). The molecule has 13 heavy (non-hydrogen) atoms. The number of aliphatic carboxylic acids is 2. The lowest BCUT2D eigenvalue weighted by Crippen LogP contribution is -2.37. The van der Waals surface area contributed by atoms with E-state index < -0.39 is 23.3 Å². The van der Waals surface area contributed by atoms with Crippen LogP contribution in [0.2, 0.25) is 0 Å². The second kappa shape index (κ2) is 2.34. The molecule has 0 amide bonds. The fourth-order valence-corrected chi connectivity index (χ4v) is 2.39. The first kappa shape index (κ1) is 8.29. The van der Waals surface area contributed by atoms with Gasteiger partial charge in [0.15, 0.2) is 0 Å². The minimum Gasteiger partial charge on any atom is -0.481 e. The third-order valence-corrected chi connectivity index (χ3v) is 3.12. The Morgan fingerprint density at radius 2 is 2.15 bits per heavy atom. The molecule has 2 N–H and O–H groups in total. The molecular weight excluding hydrogens is 172 g/mol. The van der Waals surface area contributed by atoms with Gasteiger partial charge in [-0.25, -0.2) is 0 Å². The van der Waals surface area contributed by atoms with E-state index in [0.29, 0.717) is 12.8 Å². The Balaban J connectivity index is 2.40. The van der Waals surface area contributed by atoms with Gasteiger partial charge in [-0.3, -0.25) is 9.59 Å². The highest BCUT2D eigenvalue weighted by Crippen LogP contribution is 2.53. The van der Waals surface area contributed by atoms with Gasteiger partial charge in [0.1, 0.15) is 0 Å². The molecule has 2 atom stereocenters. The van der Waals surface area contributed by atoms with E-state index in [4.69, 9.17) is 10.2 Å². The van der Waals surface area contributed by atoms with Gasteiger partial charge in [0.05, 0.1) is 11.3 Å². The lowest BCUT2D eigenvalue weighted by Gasteiger charge is -2.25. The van der Waals surface area contributed by atoms with E-state index in [9.17, 15) is 9.59 Å². The zero-order valence-corrected chi connectivity index (χ0v) is 6.99. The van der Waals surface area contributed by atoms with Gasteiger partial charge in [0, 0.05) is 0 Å². The van der Waals surface area contributed by atoms with Gasteiger partial charge in [-0.15, -0.1) is 0 Å². The second-order valence-electron chi connectivity index (χ2n) is 3.78. The smallest absolute Gasteiger partial charge is 0.311 e. The molecule has 1 fully saturated rings. The number of hydrogen-bond acceptors (Lipinski definition) is 2. The Kier molecular flexibility index (Phi) is 1.49. The SMILES string of the molecule is O=C(O)C1C=C2CCC1(C(=O)O)C2. The maximum Gasteiger partial charge on any atom is 0.311 e. The number of fused-ring (bicyclic) bond motifs is 2. The third-order valence-electron chi connectivity index (χ3n) is 3.12. The fraction of sp³-hybridized carbons (Fsp3) is 0.556. The number of allylic oxidation sites excluding steroid dienone is 1. The van der Waals surface area contributed by atoms with Crippen molar-refractivity contribution in [2.45, 2.75) is 19.3 Å². The fourth-order valence-electron chi connectivity index (χ4n) is 2.39. The van der Waals surface area contributed by atoms with Gasteiger partial charge in [-0.05, 0) is 19.3 Å². The van der Waals surface area contributed by atoms with Crippen LogP contribution in [0.1, 0.15) is 19.3 Å². The van der Waals surface area contributed by atoms with Crippen LogP contribution in [0.25, 0.3) is 0 Å². The quantitative estimate of drug-likeness (QED) is 0.621. The Morgan fingerprint density at radius 3 is 2.54 bits per heavy atom. The Hall–Kier alpha value is -1.32. The minimum absolute atomic E-state index is 0.430. The highest BCUT2D eigenvalue weighted by atomic mass is 16.4. The summed E-state index contributed by atoms with van der Waals surface area (Å²) in [6.07, 6.45) is 3.26. The predicted molar refractivity (Wildman–Crippen MR) is 43.1 cm³/mol. The number of carbonyl (C=O) groups is 2. The largest absolute Gasteiger partial charge is 0.481 e. The molecule has 2 aliphatic carbocycles. The average molecular weight is 182 g/mol. The van der Waals surface area contributed by atoms with Crippen LogP contribution in [0.5, 0.6) is 0 Å². The van der Waals surface area contributed by atoms with E-state index in [1.807, 2.05) is 0 Å². The van der Waals surface area contributed by atoms with Crippen LogP contribution >= 0.6 is 0 Å². The summed E-state index contributed by atoms with van der Waals surface area (Å²) in [5, 5.41) is 17.9. The van der Waals surface area contributed by atoms with Crippen molar-refractivity contribution >= 4 is 11.9 Å². The van der Waals surface area contributed by atoms with E-state index in [1.54, 1.807) is 6.08 Å². The maximum atomic E-state index is 11.0. The second-order valence-corrected chi connectivity index (χ2v) is 3.78. The molecule has 0 heterocycles. The van der Waals surface area contributed by atoms with E-state index in [1.165, 1.54) is 0 Å². The Labute approximate surface area is 74.9 Å². The summed E-state index contributed by atoms with van der Waals surface area (Å²) in [6.45, 7) is 0. The number of hydrogen-bond donors (Lipinski definition) is 2. The van der Waals surface area contributed by atoms with Gasteiger partial charge < -0.3 is 10.2 Å². The molecule has 0 spiro atoms. The van der Waals surface area contributed by atoms with Gasteiger partial charge in [-0.2, -0.15) is 0 Å². The van der Waals surface area contributed by atoms with Crippen LogP contribution in [-0.4, -0.2) is 22.2 Å². The molecule has 0 aromatic rings. The van der Waals surface area contributed by atoms with Crippen LogP contribution in [0.3, 0.4) is 0 Å². The Morgan fingerprint density at radius 1 is 1.46 bits per heavy atom. The molecule has 4 heteroatoms. The summed E-state index contributed by atoms with van der Waals surface area (Å²) >= 11 is 0. The van der Waals surface area contributed by atoms with Crippen LogP contribution in [-0.2, 0) is 9.59 Å². The van der Waals surface area contributed by atoms with Crippen molar-refractivity contribution in [1.29, 1.82) is 0 Å². The first-order chi connectivity index (χ1) is 6.06. The Bertz CT molecular complexity index is 318. The molecular formula is C9H10O4. The van der Waals surface area contributed by atoms with Crippen LogP contribution in [0, 0.1) is 11.3 Å². The van der Waals surface area contributed by atoms with Crippen molar-refractivity contribution in [3.8, 4) is 0 Å². The van der Waals surface area contributed by atoms with Gasteiger partial charge in [0.25, 0.3) is 0 Å². The van der Waals surface area contributed by atoms with Crippen LogP contribution < -0.4 is 0 Å². The van der Waals surface area contributed by atoms with E-state index >= 15 is 0 Å². The maximum absolute atomic E-state index is 11.0. The molecule has 0 aromatic carbocycles. The molecule has 0 aromatic heterocycles. The summed E-state index contributed by atoms with van der Waals surface area (Å²) in [4.78, 5) is 21.8. The molecule has 2 bridgehead atoms. The number of carboxylic acid groups (broad SMARTS) is 2. The first-order valence-electron chi connectivity index (χ1n) is 4.22. The van der Waals surface area contributed by atoms with Crippen LogP contribution in [0.4, 0.5) is 0 Å². The summed E-state index contributed by atoms with van der Waals surface area (Å²) in [6, 6.07) is 0. The average Bonchev–Trinajstić information content (AvgIpc) is 2.60. The van der Waals surface area contributed by atoms with Crippen molar-refractivity contribution in [3.63, 3.8) is 0 Å². The molecule has 70 valence electrons. The molecule has 2 unspecified atom stereocenters. The van der Waals surface area contributed by atoms with Crippen molar-refractivity contribution in [2.24, 2.45) is 11.3 Å². The van der Waals surface area contributed by atoms with Gasteiger partial charge in [-0.1, -0.05) is 11.6 Å². The topological polar surface area (TPSA) is 74.6 Å². The normalized spacial score (nSPS) is 36.0. The number of rotatable bonds is 2. The van der Waals surface area contributed by atoms with Crippen molar-refractivity contribution in [2.75, 3.05) is 0 Å². The van der Waals surface area contributed by atoms with E-state index in [-0.39, 0.29) is 0 Å². The van der Waals surface area contributed by atoms with E-state index in [2.05, 4.69) is 0 Å². The van der Waals surface area contributed by atoms with Crippen LogP contribution in [0.15, 0.2) is 11.6 Å². The first-order valence-corrected chi connectivity index (χ1v) is 4.22. The zero-order chi connectivity index (χ0) is 9.64. The highest BCUT2D eigenvalue weighted by Gasteiger charge is 2.55. The summed E-state index contributed by atoms with van der Waals surface area (Å²) < 4.78 is 0. The van der Waals surface area contributed by atoms with Gasteiger partial charge >= 0.3 is 11.9 Å². The molecule has 0 radical (unpaired) electrons. The highest BCUT2D eigenvalue weighted by molar-refractivity contribution is 5.87. The van der Waals surface area contributed by atoms with E-state index in [0.717, 1.165) is 12.0 Å². The standard InChI is InChI=1S/C9H10O4/c10-7(11)6-3-5-1-2-9(6,4-5)8(12)13/h3,6H,1-2,4H2,(H,10,11)(H,12,13). The number of carboxylic acids is 2. The van der Waals surface area contributed by atoms with Crippen molar-refractivity contribution < 1.29 is 19.8 Å². The molecule has 0 aliphatic heterocycles. The van der Waals surface area contributed by atoms with Crippen molar-refractivity contribution in [1.82, 2.24) is 0 Å². The summed E-state index contributed by atoms with van der Waals surface area (Å²) in [7, 11) is 0. The summed E-state index contributed by atoms with van der Waals surface area (Å²) in [5.41, 5.74) is -0.0314. The lowest BCUT2D eigenvalue weighted by atomic mass is 9.76. The molecule has 4 nitrogen and oxygen atoms in total. The molecule has 0 saturated heterocycles. The minimum atomic E-state index is -1.03. The predicted octanol–water partition coefficient (Wildman–Crippen LogP) is 0.882. The molecule has 2 aliphatic rings. The monoisotopic (exact) mass is 182 g/mol.